The molecule has 4 saturated carbocycles. The minimum atomic E-state index is 0.605. The summed E-state index contributed by atoms with van der Waals surface area (Å²) >= 11 is 3.53. The molecule has 1 heteroatoms. The van der Waals surface area contributed by atoms with Gasteiger partial charge in [0.1, 0.15) is 0 Å². The molecule has 4 rings (SSSR count). The van der Waals surface area contributed by atoms with Crippen LogP contribution in [0, 0.1) is 45.8 Å². The van der Waals surface area contributed by atoms with Gasteiger partial charge in [0.2, 0.25) is 0 Å². The number of rotatable bonds is 4. The van der Waals surface area contributed by atoms with Gasteiger partial charge in [0.05, 0.1) is 0 Å². The van der Waals surface area contributed by atoms with Crippen LogP contribution in [0.1, 0.15) is 174 Å². The van der Waals surface area contributed by atoms with Gasteiger partial charge in [0.15, 0.2) is 0 Å². The van der Waals surface area contributed by atoms with Crippen molar-refractivity contribution in [2.24, 2.45) is 45.8 Å². The van der Waals surface area contributed by atoms with Crippen LogP contribution >= 0.6 is 12.6 Å². The van der Waals surface area contributed by atoms with E-state index in [1.54, 1.807) is 19.1 Å². The first-order valence-electron chi connectivity index (χ1n) is 17.3. The van der Waals surface area contributed by atoms with Gasteiger partial charge in [-0.2, -0.15) is 12.6 Å². The van der Waals surface area contributed by atoms with Gasteiger partial charge < -0.3 is 0 Å². The normalized spacial score (nSPS) is 35.4. The van der Waals surface area contributed by atoms with Gasteiger partial charge in [0.25, 0.3) is 0 Å². The van der Waals surface area contributed by atoms with E-state index in [0.717, 1.165) is 29.6 Å². The lowest BCUT2D eigenvalue weighted by Crippen LogP contribution is -2.56. The Kier molecular flexibility index (Phi) is 21.2. The Labute approximate surface area is 249 Å². The van der Waals surface area contributed by atoms with Gasteiger partial charge in [0, 0.05) is 0 Å². The highest BCUT2D eigenvalue weighted by Gasteiger charge is 2.62. The van der Waals surface area contributed by atoms with Crippen LogP contribution in [0.3, 0.4) is 0 Å². The molecular formula is C37H76S. The zero-order valence-corrected chi connectivity index (χ0v) is 30.3. The van der Waals surface area contributed by atoms with Crippen LogP contribution in [0.25, 0.3) is 0 Å². The summed E-state index contributed by atoms with van der Waals surface area (Å²) in [5.74, 6) is 5.11. The number of allylic oxidation sites excluding steroid dienone is 2. The summed E-state index contributed by atoms with van der Waals surface area (Å²) in [4.78, 5) is 0. The molecule has 4 aliphatic carbocycles. The highest BCUT2D eigenvalue weighted by Crippen LogP contribution is 2.71. The maximum absolute atomic E-state index is 3.53. The quantitative estimate of drug-likeness (QED) is 0.200. The van der Waals surface area contributed by atoms with Crippen LogP contribution in [-0.4, -0.2) is 6.26 Å². The number of thiol groups is 1. The maximum Gasteiger partial charge on any atom is -0.0215 e. The molecule has 7 unspecified atom stereocenters. The Hall–Kier alpha value is 0.0900. The Morgan fingerprint density at radius 3 is 1.76 bits per heavy atom. The largest absolute Gasteiger partial charge is 0.183 e. The molecule has 0 amide bonds. The molecule has 0 spiro atoms. The van der Waals surface area contributed by atoms with Crippen molar-refractivity contribution >= 4 is 12.6 Å². The van der Waals surface area contributed by atoms with E-state index in [1.165, 1.54) is 69.8 Å². The zero-order chi connectivity index (χ0) is 30.2. The van der Waals surface area contributed by atoms with E-state index in [2.05, 4.69) is 60.2 Å². The van der Waals surface area contributed by atoms with Gasteiger partial charge in [-0.25, -0.2) is 0 Å². The standard InChI is InChI=1S/C28H48.4C2H6.CH4S/c1-20(2)10-7-8-11-21-13-14-25-27(21,5)18-16-24-22-12-9-17-26(3,4)23(22)15-19-28(24,25)6;5*1-2/h10,21-25H,7-9,11-19H2,1-6H3;4*1-2H3;2H,1H3. The van der Waals surface area contributed by atoms with Gasteiger partial charge in [-0.1, -0.05) is 101 Å². The first-order chi connectivity index (χ1) is 18.2. The molecular weight excluding hydrogens is 476 g/mol. The molecule has 0 aliphatic heterocycles. The summed E-state index contributed by atoms with van der Waals surface area (Å²) in [5, 5.41) is 0. The summed E-state index contributed by atoms with van der Waals surface area (Å²) < 4.78 is 0. The van der Waals surface area contributed by atoms with E-state index >= 15 is 0 Å². The molecule has 230 valence electrons. The molecule has 0 bridgehead atoms. The molecule has 4 fully saturated rings. The molecule has 0 aromatic rings. The minimum absolute atomic E-state index is 0.605. The third-order valence-corrected chi connectivity index (χ3v) is 10.9. The minimum Gasteiger partial charge on any atom is -0.183 e. The third kappa shape index (κ3) is 9.31. The van der Waals surface area contributed by atoms with E-state index < -0.39 is 0 Å². The van der Waals surface area contributed by atoms with E-state index in [-0.39, 0.29) is 0 Å². The second kappa shape index (κ2) is 20.0. The zero-order valence-electron chi connectivity index (χ0n) is 29.4. The summed E-state index contributed by atoms with van der Waals surface area (Å²) in [6.07, 6.45) is 22.1. The van der Waals surface area contributed by atoms with Gasteiger partial charge >= 0.3 is 0 Å². The van der Waals surface area contributed by atoms with Crippen molar-refractivity contribution in [2.45, 2.75) is 174 Å². The summed E-state index contributed by atoms with van der Waals surface area (Å²) in [5.41, 5.74) is 3.40. The molecule has 0 heterocycles. The highest BCUT2D eigenvalue weighted by atomic mass is 32.1. The average Bonchev–Trinajstić information content (AvgIpc) is 3.29. The molecule has 7 atom stereocenters. The van der Waals surface area contributed by atoms with Gasteiger partial charge in [-0.15, -0.1) is 0 Å². The van der Waals surface area contributed by atoms with Crippen molar-refractivity contribution in [3.8, 4) is 0 Å². The van der Waals surface area contributed by atoms with Crippen molar-refractivity contribution in [3.05, 3.63) is 11.6 Å². The second-order valence-electron chi connectivity index (χ2n) is 12.9. The van der Waals surface area contributed by atoms with E-state index in [0.29, 0.717) is 16.2 Å². The summed E-state index contributed by atoms with van der Waals surface area (Å²) in [7, 11) is 0. The van der Waals surface area contributed by atoms with Gasteiger partial charge in [-0.05, 0) is 137 Å². The predicted octanol–water partition coefficient (Wildman–Crippen LogP) is 13.5. The molecule has 0 N–H and O–H groups in total. The van der Waals surface area contributed by atoms with Crippen LogP contribution < -0.4 is 0 Å². The van der Waals surface area contributed by atoms with Gasteiger partial charge in [-0.3, -0.25) is 0 Å². The molecule has 38 heavy (non-hydrogen) atoms. The molecule has 0 radical (unpaired) electrons. The van der Waals surface area contributed by atoms with E-state index in [4.69, 9.17) is 0 Å². The Morgan fingerprint density at radius 2 is 1.21 bits per heavy atom. The Morgan fingerprint density at radius 1 is 0.684 bits per heavy atom. The van der Waals surface area contributed by atoms with Crippen LogP contribution in [0.2, 0.25) is 0 Å². The average molecular weight is 553 g/mol. The third-order valence-electron chi connectivity index (χ3n) is 10.9. The Balaban J connectivity index is 0. The van der Waals surface area contributed by atoms with Crippen LogP contribution in [0.4, 0.5) is 0 Å². The lowest BCUT2D eigenvalue weighted by Gasteiger charge is -2.63. The number of hydrogen-bond acceptors (Lipinski definition) is 1. The van der Waals surface area contributed by atoms with Crippen molar-refractivity contribution in [2.75, 3.05) is 6.26 Å². The Bertz CT molecular complexity index is 600. The lowest BCUT2D eigenvalue weighted by molar-refractivity contribution is -0.145. The fourth-order valence-electron chi connectivity index (χ4n) is 9.43. The monoisotopic (exact) mass is 553 g/mol. The predicted molar refractivity (Wildman–Crippen MR) is 183 cm³/mol. The molecule has 0 aromatic heterocycles. The number of fused-ring (bicyclic) bond motifs is 5. The lowest BCUT2D eigenvalue weighted by atomic mass is 9.41. The molecule has 0 aromatic carbocycles. The van der Waals surface area contributed by atoms with Crippen molar-refractivity contribution < 1.29 is 0 Å². The first-order valence-corrected chi connectivity index (χ1v) is 18.2. The van der Waals surface area contributed by atoms with E-state index in [9.17, 15) is 0 Å². The highest BCUT2D eigenvalue weighted by molar-refractivity contribution is 7.79. The first kappa shape index (κ1) is 40.2. The van der Waals surface area contributed by atoms with E-state index in [1.807, 2.05) is 55.4 Å². The topological polar surface area (TPSA) is 0 Å². The van der Waals surface area contributed by atoms with Crippen molar-refractivity contribution in [1.82, 2.24) is 0 Å². The van der Waals surface area contributed by atoms with Crippen LogP contribution in [-0.2, 0) is 0 Å². The fourth-order valence-corrected chi connectivity index (χ4v) is 9.43. The smallest absolute Gasteiger partial charge is 0.0215 e. The maximum atomic E-state index is 3.53. The van der Waals surface area contributed by atoms with Crippen molar-refractivity contribution in [3.63, 3.8) is 0 Å². The van der Waals surface area contributed by atoms with Crippen LogP contribution in [0.15, 0.2) is 11.6 Å². The summed E-state index contributed by atoms with van der Waals surface area (Å²) in [6, 6.07) is 0. The second-order valence-corrected chi connectivity index (χ2v) is 12.9. The van der Waals surface area contributed by atoms with Crippen LogP contribution in [0.5, 0.6) is 0 Å². The molecule has 0 saturated heterocycles. The molecule has 0 nitrogen and oxygen atoms in total. The SMILES string of the molecule is CC.CC.CC.CC.CC(C)=CCCCC1CCC2C1(C)CCC1C3CCCC(C)(C)C3CCC12C.CS. The fraction of sp³-hybridized carbons (Fsp3) is 0.946. The number of unbranched alkanes of at least 4 members (excludes halogenated alkanes) is 1. The summed E-state index contributed by atoms with van der Waals surface area (Å²) in [6.45, 7) is 31.2. The van der Waals surface area contributed by atoms with Crippen molar-refractivity contribution in [1.29, 1.82) is 0 Å². The molecule has 4 aliphatic rings. The number of hydrogen-bond donors (Lipinski definition) is 1.